The summed E-state index contributed by atoms with van der Waals surface area (Å²) < 4.78 is 30.6. The number of aryl methyl sites for hydroxylation is 2. The highest BCUT2D eigenvalue weighted by Crippen LogP contribution is 2.30. The van der Waals surface area contributed by atoms with E-state index in [-0.39, 0.29) is 4.90 Å². The molecule has 0 saturated heterocycles. The molecular weight excluding hydrogens is 414 g/mol. The molecule has 5 nitrogen and oxygen atoms in total. The second-order valence-electron chi connectivity index (χ2n) is 7.40. The molecule has 0 atom stereocenters. The standard InChI is InChI=1S/C20H26ClN3O2S2/c1-15-6-10-18(11-7-15)28(25,26)24(20(3,4)5)27-23-13-12-22-19-14-17(21)9-8-16(19)2/h6-12,14,23H,13H2,1-5H3. The molecule has 0 aliphatic rings. The van der Waals surface area contributed by atoms with E-state index in [9.17, 15) is 8.42 Å². The van der Waals surface area contributed by atoms with E-state index in [1.165, 1.54) is 3.71 Å². The molecule has 0 spiro atoms. The van der Waals surface area contributed by atoms with E-state index in [0.29, 0.717) is 11.6 Å². The van der Waals surface area contributed by atoms with Gasteiger partial charge in [-0.05, 0) is 64.4 Å². The molecule has 28 heavy (non-hydrogen) atoms. The van der Waals surface area contributed by atoms with Crippen molar-refractivity contribution in [2.24, 2.45) is 4.99 Å². The summed E-state index contributed by atoms with van der Waals surface area (Å²) in [6.45, 7) is 9.85. The third kappa shape index (κ3) is 6.06. The summed E-state index contributed by atoms with van der Waals surface area (Å²) in [5, 5.41) is 0.628. The summed E-state index contributed by atoms with van der Waals surface area (Å²) in [7, 11) is -3.66. The topological polar surface area (TPSA) is 61.8 Å². The molecule has 0 bridgehead atoms. The fraction of sp³-hybridized carbons (Fsp3) is 0.350. The van der Waals surface area contributed by atoms with E-state index in [0.717, 1.165) is 28.9 Å². The van der Waals surface area contributed by atoms with Gasteiger partial charge in [0.05, 0.1) is 10.6 Å². The van der Waals surface area contributed by atoms with E-state index < -0.39 is 15.6 Å². The number of hydrogen-bond acceptors (Lipinski definition) is 5. The predicted octanol–water partition coefficient (Wildman–Crippen LogP) is 5.30. The van der Waals surface area contributed by atoms with Crippen LogP contribution in [0.2, 0.25) is 5.02 Å². The lowest BCUT2D eigenvalue weighted by Crippen LogP contribution is -2.42. The first kappa shape index (κ1) is 22.9. The number of halogens is 1. The van der Waals surface area contributed by atoms with Gasteiger partial charge in [-0.1, -0.05) is 35.4 Å². The molecule has 152 valence electrons. The van der Waals surface area contributed by atoms with E-state index >= 15 is 0 Å². The van der Waals surface area contributed by atoms with Crippen LogP contribution >= 0.6 is 23.7 Å². The Hall–Kier alpha value is -1.38. The Morgan fingerprint density at radius 1 is 1.14 bits per heavy atom. The second kappa shape index (κ2) is 9.41. The van der Waals surface area contributed by atoms with Gasteiger partial charge in [-0.3, -0.25) is 4.99 Å². The first-order valence-corrected chi connectivity index (χ1v) is 11.4. The van der Waals surface area contributed by atoms with E-state index in [4.69, 9.17) is 11.6 Å². The maximum atomic E-state index is 13.1. The maximum absolute atomic E-state index is 13.1. The van der Waals surface area contributed by atoms with Gasteiger partial charge in [-0.15, -0.1) is 3.71 Å². The number of aliphatic imine (C=N–C) groups is 1. The van der Waals surface area contributed by atoms with Crippen molar-refractivity contribution >= 4 is 45.7 Å². The van der Waals surface area contributed by atoms with Crippen molar-refractivity contribution in [2.45, 2.75) is 45.1 Å². The van der Waals surface area contributed by atoms with Crippen LogP contribution in [0.25, 0.3) is 0 Å². The minimum atomic E-state index is -3.66. The predicted molar refractivity (Wildman–Crippen MR) is 120 cm³/mol. The molecule has 2 aromatic carbocycles. The third-order valence-electron chi connectivity index (χ3n) is 3.81. The van der Waals surface area contributed by atoms with Gasteiger partial charge in [0.15, 0.2) is 0 Å². The summed E-state index contributed by atoms with van der Waals surface area (Å²) in [4.78, 5) is 4.67. The van der Waals surface area contributed by atoms with Crippen LogP contribution < -0.4 is 4.72 Å². The molecular formula is C20H26ClN3O2S2. The molecule has 0 amide bonds. The number of benzene rings is 2. The highest BCUT2D eigenvalue weighted by molar-refractivity contribution is 8.07. The molecule has 0 aromatic heterocycles. The minimum Gasteiger partial charge on any atom is -0.260 e. The summed E-state index contributed by atoms with van der Waals surface area (Å²) in [5.41, 5.74) is 2.22. The van der Waals surface area contributed by atoms with Crippen LogP contribution in [0.15, 0.2) is 52.4 Å². The Balaban J connectivity index is 2.08. The van der Waals surface area contributed by atoms with E-state index in [2.05, 4.69) is 9.71 Å². The van der Waals surface area contributed by atoms with Gasteiger partial charge in [-0.2, -0.15) is 0 Å². The number of sulfonamides is 1. The Kier molecular flexibility index (Phi) is 7.70. The smallest absolute Gasteiger partial charge is 0.253 e. The fourth-order valence-corrected chi connectivity index (χ4v) is 5.26. The number of nitrogens with zero attached hydrogens (tertiary/aromatic N) is 2. The Bertz CT molecular complexity index is 937. The van der Waals surface area contributed by atoms with Gasteiger partial charge in [0.1, 0.15) is 0 Å². The number of hydrogen-bond donors (Lipinski definition) is 1. The van der Waals surface area contributed by atoms with Crippen molar-refractivity contribution in [1.29, 1.82) is 0 Å². The number of nitrogens with one attached hydrogen (secondary N) is 1. The van der Waals surface area contributed by atoms with Gasteiger partial charge >= 0.3 is 0 Å². The molecule has 0 aliphatic heterocycles. The van der Waals surface area contributed by atoms with Gasteiger partial charge in [0.2, 0.25) is 0 Å². The zero-order valence-electron chi connectivity index (χ0n) is 16.7. The molecule has 0 aliphatic carbocycles. The van der Waals surface area contributed by atoms with Gasteiger partial charge in [0, 0.05) is 35.5 Å². The van der Waals surface area contributed by atoms with Gasteiger partial charge in [0.25, 0.3) is 10.0 Å². The van der Waals surface area contributed by atoms with Crippen molar-refractivity contribution in [3.63, 3.8) is 0 Å². The van der Waals surface area contributed by atoms with E-state index in [1.54, 1.807) is 36.5 Å². The summed E-state index contributed by atoms with van der Waals surface area (Å²) in [6.07, 6.45) is 1.70. The van der Waals surface area contributed by atoms with Crippen LogP contribution in [0.1, 0.15) is 31.9 Å². The third-order valence-corrected chi connectivity index (χ3v) is 7.72. The van der Waals surface area contributed by atoms with Crippen LogP contribution in [0.4, 0.5) is 5.69 Å². The Morgan fingerprint density at radius 2 is 1.79 bits per heavy atom. The Labute approximate surface area is 177 Å². The highest BCUT2D eigenvalue weighted by Gasteiger charge is 2.35. The normalized spacial score (nSPS) is 12.8. The summed E-state index contributed by atoms with van der Waals surface area (Å²) in [5.74, 6) is 0. The molecule has 0 unspecified atom stereocenters. The summed E-state index contributed by atoms with van der Waals surface area (Å²) >= 11 is 7.05. The molecule has 0 saturated carbocycles. The summed E-state index contributed by atoms with van der Waals surface area (Å²) in [6, 6.07) is 12.4. The van der Waals surface area contributed by atoms with Crippen LogP contribution in [0.5, 0.6) is 0 Å². The van der Waals surface area contributed by atoms with Crippen molar-refractivity contribution in [2.75, 3.05) is 6.54 Å². The minimum absolute atomic E-state index is 0.269. The van der Waals surface area contributed by atoms with Crippen molar-refractivity contribution < 1.29 is 8.42 Å². The maximum Gasteiger partial charge on any atom is 0.253 e. The molecule has 8 heteroatoms. The largest absolute Gasteiger partial charge is 0.260 e. The van der Waals surface area contributed by atoms with Crippen LogP contribution in [-0.2, 0) is 10.0 Å². The molecule has 2 aromatic rings. The fourth-order valence-electron chi connectivity index (χ4n) is 2.35. The van der Waals surface area contributed by atoms with Gasteiger partial charge < -0.3 is 0 Å². The van der Waals surface area contributed by atoms with Crippen LogP contribution in [0.3, 0.4) is 0 Å². The number of rotatable bonds is 7. The van der Waals surface area contributed by atoms with Crippen molar-refractivity contribution in [3.8, 4) is 0 Å². The molecule has 0 radical (unpaired) electrons. The SMILES string of the molecule is Cc1ccc(S(=O)(=O)N(SNCC=Nc2cc(Cl)ccc2C)C(C)(C)C)cc1. The van der Waals surface area contributed by atoms with Crippen LogP contribution in [-0.4, -0.2) is 30.4 Å². The molecule has 2 rings (SSSR count). The lowest BCUT2D eigenvalue weighted by Gasteiger charge is -2.32. The second-order valence-corrected chi connectivity index (χ2v) is 10.7. The molecule has 0 fully saturated rings. The highest BCUT2D eigenvalue weighted by atomic mass is 35.5. The average molecular weight is 440 g/mol. The molecule has 1 N–H and O–H groups in total. The lowest BCUT2D eigenvalue weighted by atomic mass is 10.1. The van der Waals surface area contributed by atoms with Crippen molar-refractivity contribution in [3.05, 3.63) is 58.6 Å². The monoisotopic (exact) mass is 439 g/mol. The zero-order valence-corrected chi connectivity index (χ0v) is 19.1. The van der Waals surface area contributed by atoms with Crippen molar-refractivity contribution in [1.82, 2.24) is 8.43 Å². The average Bonchev–Trinajstić information content (AvgIpc) is 2.59. The molecule has 0 heterocycles. The Morgan fingerprint density at radius 3 is 2.39 bits per heavy atom. The van der Waals surface area contributed by atoms with E-state index in [1.807, 2.05) is 46.8 Å². The zero-order chi connectivity index (χ0) is 20.9. The van der Waals surface area contributed by atoms with Gasteiger partial charge in [-0.25, -0.2) is 13.1 Å². The quantitative estimate of drug-likeness (QED) is 0.361. The first-order chi connectivity index (χ1) is 13.0. The first-order valence-electron chi connectivity index (χ1n) is 8.82. The van der Waals surface area contributed by atoms with Crippen LogP contribution in [0, 0.1) is 13.8 Å². The lowest BCUT2D eigenvalue weighted by molar-refractivity contribution is 0.377.